The van der Waals surface area contributed by atoms with Crippen molar-refractivity contribution in [3.8, 4) is 5.75 Å². The molecule has 0 unspecified atom stereocenters. The predicted octanol–water partition coefficient (Wildman–Crippen LogP) is 3.79. The van der Waals surface area contributed by atoms with Crippen molar-refractivity contribution < 1.29 is 4.74 Å². The Morgan fingerprint density at radius 1 is 1.40 bits per heavy atom. The monoisotopic (exact) mass is 227 g/mol. The Morgan fingerprint density at radius 2 is 2.07 bits per heavy atom. The maximum absolute atomic E-state index is 6.17. The summed E-state index contributed by atoms with van der Waals surface area (Å²) in [7, 11) is 1.88. The third kappa shape index (κ3) is 2.57. The van der Waals surface area contributed by atoms with E-state index in [9.17, 15) is 0 Å². The molecule has 0 atom stereocenters. The van der Waals surface area contributed by atoms with E-state index in [0.29, 0.717) is 0 Å². The van der Waals surface area contributed by atoms with Crippen molar-refractivity contribution in [3.05, 3.63) is 22.2 Å². The Hall–Kier alpha value is -0.890. The highest BCUT2D eigenvalue weighted by molar-refractivity contribution is 6.32. The Labute approximate surface area is 96.6 Å². The normalized spacial score (nSPS) is 10.2. The Balaban J connectivity index is 3.13. The maximum atomic E-state index is 6.17. The zero-order chi connectivity index (χ0) is 11.4. The molecule has 0 fully saturated rings. The molecule has 0 amide bonds. The van der Waals surface area contributed by atoms with Crippen LogP contribution in [0, 0.1) is 13.8 Å². The van der Waals surface area contributed by atoms with Gasteiger partial charge in [0.15, 0.2) is 0 Å². The summed E-state index contributed by atoms with van der Waals surface area (Å²) >= 11 is 6.17. The first kappa shape index (κ1) is 12.2. The van der Waals surface area contributed by atoms with E-state index in [4.69, 9.17) is 16.3 Å². The number of benzene rings is 1. The molecule has 0 saturated carbocycles. The second-order valence-electron chi connectivity index (χ2n) is 3.60. The zero-order valence-corrected chi connectivity index (χ0v) is 10.5. The molecule has 0 spiro atoms. The van der Waals surface area contributed by atoms with Gasteiger partial charge in [0.25, 0.3) is 0 Å². The first-order chi connectivity index (χ1) is 7.11. The third-order valence-corrected chi connectivity index (χ3v) is 2.94. The van der Waals surface area contributed by atoms with Gasteiger partial charge in [-0.25, -0.2) is 0 Å². The second-order valence-corrected chi connectivity index (χ2v) is 3.98. The molecule has 0 heterocycles. The molecule has 84 valence electrons. The SMILES string of the molecule is CCCOc1cc(C)c(Cl)c(C)c1NC. The van der Waals surface area contributed by atoms with E-state index in [1.165, 1.54) is 0 Å². The molecule has 0 saturated heterocycles. The molecule has 3 heteroatoms. The quantitative estimate of drug-likeness (QED) is 0.845. The number of ether oxygens (including phenoxy) is 1. The van der Waals surface area contributed by atoms with E-state index in [-0.39, 0.29) is 0 Å². The van der Waals surface area contributed by atoms with Gasteiger partial charge in [-0.15, -0.1) is 0 Å². The van der Waals surface area contributed by atoms with E-state index >= 15 is 0 Å². The van der Waals surface area contributed by atoms with Gasteiger partial charge in [-0.05, 0) is 37.5 Å². The van der Waals surface area contributed by atoms with E-state index < -0.39 is 0 Å². The molecule has 0 aliphatic carbocycles. The maximum Gasteiger partial charge on any atom is 0.143 e. The lowest BCUT2D eigenvalue weighted by atomic mass is 10.1. The lowest BCUT2D eigenvalue weighted by molar-refractivity contribution is 0.318. The van der Waals surface area contributed by atoms with E-state index in [0.717, 1.165) is 40.6 Å². The molecule has 0 radical (unpaired) electrons. The van der Waals surface area contributed by atoms with Crippen molar-refractivity contribution in [2.24, 2.45) is 0 Å². The van der Waals surface area contributed by atoms with Gasteiger partial charge in [0.2, 0.25) is 0 Å². The van der Waals surface area contributed by atoms with E-state index in [1.54, 1.807) is 0 Å². The number of rotatable bonds is 4. The van der Waals surface area contributed by atoms with Crippen LogP contribution in [0.15, 0.2) is 6.07 Å². The number of hydrogen-bond acceptors (Lipinski definition) is 2. The minimum atomic E-state index is 0.731. The van der Waals surface area contributed by atoms with Gasteiger partial charge in [0, 0.05) is 12.1 Å². The predicted molar refractivity (Wildman–Crippen MR) is 66.3 cm³/mol. The molecule has 0 aromatic heterocycles. The van der Waals surface area contributed by atoms with Crippen LogP contribution < -0.4 is 10.1 Å². The van der Waals surface area contributed by atoms with Crippen molar-refractivity contribution in [2.45, 2.75) is 27.2 Å². The molecule has 0 aliphatic heterocycles. The van der Waals surface area contributed by atoms with Gasteiger partial charge >= 0.3 is 0 Å². The Kier molecular flexibility index (Phi) is 4.28. The van der Waals surface area contributed by atoms with Crippen molar-refractivity contribution in [1.82, 2.24) is 0 Å². The fraction of sp³-hybridized carbons (Fsp3) is 0.500. The standard InChI is InChI=1S/C12H18ClNO/c1-5-6-15-10-7-8(2)11(13)9(3)12(10)14-4/h7,14H,5-6H2,1-4H3. The highest BCUT2D eigenvalue weighted by Gasteiger charge is 2.11. The van der Waals surface area contributed by atoms with Crippen LogP contribution in [0.2, 0.25) is 5.02 Å². The first-order valence-corrected chi connectivity index (χ1v) is 5.59. The lowest BCUT2D eigenvalue weighted by Crippen LogP contribution is -2.02. The van der Waals surface area contributed by atoms with Gasteiger partial charge in [-0.2, -0.15) is 0 Å². The summed E-state index contributed by atoms with van der Waals surface area (Å²) in [6.07, 6.45) is 1.00. The highest BCUT2D eigenvalue weighted by Crippen LogP contribution is 2.35. The molecule has 1 aromatic carbocycles. The fourth-order valence-corrected chi connectivity index (χ4v) is 1.71. The number of hydrogen-bond donors (Lipinski definition) is 1. The summed E-state index contributed by atoms with van der Waals surface area (Å²) in [5.74, 6) is 0.888. The molecule has 1 aromatic rings. The zero-order valence-electron chi connectivity index (χ0n) is 9.78. The number of halogens is 1. The molecular formula is C12H18ClNO. The van der Waals surface area contributed by atoms with Crippen molar-refractivity contribution >= 4 is 17.3 Å². The summed E-state index contributed by atoms with van der Waals surface area (Å²) in [4.78, 5) is 0. The highest BCUT2D eigenvalue weighted by atomic mass is 35.5. The van der Waals surface area contributed by atoms with Crippen molar-refractivity contribution in [1.29, 1.82) is 0 Å². The van der Waals surface area contributed by atoms with Crippen LogP contribution in [-0.2, 0) is 0 Å². The van der Waals surface area contributed by atoms with Crippen LogP contribution in [0.3, 0.4) is 0 Å². The summed E-state index contributed by atoms with van der Waals surface area (Å²) in [5.41, 5.74) is 3.09. The molecule has 15 heavy (non-hydrogen) atoms. The minimum Gasteiger partial charge on any atom is -0.491 e. The average Bonchev–Trinajstić information content (AvgIpc) is 2.23. The smallest absolute Gasteiger partial charge is 0.143 e. The Morgan fingerprint density at radius 3 is 2.60 bits per heavy atom. The van der Waals surface area contributed by atoms with Crippen LogP contribution in [0.1, 0.15) is 24.5 Å². The molecular weight excluding hydrogens is 210 g/mol. The number of anilines is 1. The van der Waals surface area contributed by atoms with E-state index in [1.807, 2.05) is 27.0 Å². The number of aryl methyl sites for hydroxylation is 1. The van der Waals surface area contributed by atoms with Crippen LogP contribution in [0.4, 0.5) is 5.69 Å². The van der Waals surface area contributed by atoms with Crippen molar-refractivity contribution in [3.63, 3.8) is 0 Å². The first-order valence-electron chi connectivity index (χ1n) is 5.22. The second kappa shape index (κ2) is 5.26. The average molecular weight is 228 g/mol. The van der Waals surface area contributed by atoms with Crippen LogP contribution >= 0.6 is 11.6 Å². The Bertz CT molecular complexity index is 350. The topological polar surface area (TPSA) is 21.3 Å². The van der Waals surface area contributed by atoms with Gasteiger partial charge in [-0.3, -0.25) is 0 Å². The summed E-state index contributed by atoms with van der Waals surface area (Å²) in [5, 5.41) is 3.94. The van der Waals surface area contributed by atoms with Gasteiger partial charge in [0.05, 0.1) is 12.3 Å². The summed E-state index contributed by atoms with van der Waals surface area (Å²) in [6.45, 7) is 6.82. The number of nitrogens with one attached hydrogen (secondary N) is 1. The molecule has 0 aliphatic rings. The largest absolute Gasteiger partial charge is 0.491 e. The molecule has 0 bridgehead atoms. The minimum absolute atomic E-state index is 0.731. The van der Waals surface area contributed by atoms with Gasteiger partial charge in [-0.1, -0.05) is 18.5 Å². The van der Waals surface area contributed by atoms with Crippen LogP contribution in [-0.4, -0.2) is 13.7 Å². The van der Waals surface area contributed by atoms with E-state index in [2.05, 4.69) is 12.2 Å². The van der Waals surface area contributed by atoms with Gasteiger partial charge in [0.1, 0.15) is 5.75 Å². The summed E-state index contributed by atoms with van der Waals surface area (Å²) in [6, 6.07) is 1.98. The van der Waals surface area contributed by atoms with Gasteiger partial charge < -0.3 is 10.1 Å². The fourth-order valence-electron chi connectivity index (χ4n) is 1.56. The third-order valence-electron chi connectivity index (χ3n) is 2.36. The molecule has 2 nitrogen and oxygen atoms in total. The van der Waals surface area contributed by atoms with Crippen LogP contribution in [0.25, 0.3) is 0 Å². The summed E-state index contributed by atoms with van der Waals surface area (Å²) < 4.78 is 5.67. The molecule has 1 N–H and O–H groups in total. The lowest BCUT2D eigenvalue weighted by Gasteiger charge is -2.16. The van der Waals surface area contributed by atoms with Crippen molar-refractivity contribution in [2.75, 3.05) is 19.0 Å². The van der Waals surface area contributed by atoms with Crippen LogP contribution in [0.5, 0.6) is 5.75 Å². The molecule has 1 rings (SSSR count).